The summed E-state index contributed by atoms with van der Waals surface area (Å²) in [6.45, 7) is 0. The van der Waals surface area contributed by atoms with Crippen molar-refractivity contribution in [2.45, 2.75) is 0 Å². The van der Waals surface area contributed by atoms with Crippen LogP contribution in [0.15, 0.2) is 42.5 Å². The summed E-state index contributed by atoms with van der Waals surface area (Å²) in [5, 5.41) is 21.7. The van der Waals surface area contributed by atoms with E-state index in [-0.39, 0.29) is 0 Å². The molecule has 0 heterocycles. The van der Waals surface area contributed by atoms with Gasteiger partial charge in [-0.25, -0.2) is 0 Å². The van der Waals surface area contributed by atoms with Gasteiger partial charge in [0.2, 0.25) is 0 Å². The average Bonchev–Trinajstić information content (AvgIpc) is 2.46. The molecule has 8 nitrogen and oxygen atoms in total. The first-order chi connectivity index (χ1) is 9.54. The molecule has 0 saturated heterocycles. The number of nitrogen functional groups attached to an aromatic ring is 1. The standard InChI is InChI=1S/C12H10N4O4/c13-14-10-4-2-1-3-9(10)8-5-6-11(15(17)18)12(7-8)16(19)20/h1-7,14H,13H2. The molecular formula is C12H10N4O4. The summed E-state index contributed by atoms with van der Waals surface area (Å²) in [5.41, 5.74) is 3.03. The van der Waals surface area contributed by atoms with Crippen LogP contribution in [-0.4, -0.2) is 9.85 Å². The Bertz CT molecular complexity index is 687. The van der Waals surface area contributed by atoms with Gasteiger partial charge in [-0.1, -0.05) is 18.2 Å². The number of nitrogens with zero attached hydrogens (tertiary/aromatic N) is 2. The molecule has 0 saturated carbocycles. The molecule has 0 aromatic heterocycles. The second-order valence-corrected chi connectivity index (χ2v) is 3.91. The normalized spacial score (nSPS) is 10.1. The third-order valence-corrected chi connectivity index (χ3v) is 2.76. The number of rotatable bonds is 4. The second kappa shape index (κ2) is 5.33. The molecule has 20 heavy (non-hydrogen) atoms. The van der Waals surface area contributed by atoms with E-state index in [1.165, 1.54) is 6.07 Å². The van der Waals surface area contributed by atoms with E-state index in [0.717, 1.165) is 12.1 Å². The smallest absolute Gasteiger partial charge is 0.324 e. The molecular weight excluding hydrogens is 264 g/mol. The number of nitro benzene ring substituents is 2. The minimum atomic E-state index is -0.783. The highest BCUT2D eigenvalue weighted by Gasteiger charge is 2.24. The van der Waals surface area contributed by atoms with Gasteiger partial charge < -0.3 is 5.43 Å². The van der Waals surface area contributed by atoms with Crippen LogP contribution in [0.2, 0.25) is 0 Å². The Morgan fingerprint density at radius 1 is 0.950 bits per heavy atom. The molecule has 0 atom stereocenters. The number of para-hydroxylation sites is 1. The van der Waals surface area contributed by atoms with E-state index in [1.807, 2.05) is 0 Å². The lowest BCUT2D eigenvalue weighted by Gasteiger charge is -2.08. The molecule has 0 bridgehead atoms. The number of nitro groups is 2. The van der Waals surface area contributed by atoms with Gasteiger partial charge in [0.05, 0.1) is 15.5 Å². The van der Waals surface area contributed by atoms with Crippen molar-refractivity contribution in [2.24, 2.45) is 5.84 Å². The predicted octanol–water partition coefficient (Wildman–Crippen LogP) is 2.46. The zero-order valence-corrected chi connectivity index (χ0v) is 10.1. The fourth-order valence-corrected chi connectivity index (χ4v) is 1.85. The molecule has 2 aromatic rings. The summed E-state index contributed by atoms with van der Waals surface area (Å²) in [5.74, 6) is 5.37. The van der Waals surface area contributed by atoms with Crippen molar-refractivity contribution < 1.29 is 9.85 Å². The van der Waals surface area contributed by atoms with Crippen molar-refractivity contribution in [1.29, 1.82) is 0 Å². The van der Waals surface area contributed by atoms with Crippen LogP contribution < -0.4 is 11.3 Å². The van der Waals surface area contributed by atoms with Crippen molar-refractivity contribution in [2.75, 3.05) is 5.43 Å². The lowest BCUT2D eigenvalue weighted by Crippen LogP contribution is -2.07. The van der Waals surface area contributed by atoms with E-state index in [0.29, 0.717) is 16.8 Å². The Balaban J connectivity index is 2.62. The van der Waals surface area contributed by atoms with Crippen LogP contribution in [0.5, 0.6) is 0 Å². The number of hydrogen-bond acceptors (Lipinski definition) is 6. The monoisotopic (exact) mass is 274 g/mol. The zero-order valence-electron chi connectivity index (χ0n) is 10.1. The van der Waals surface area contributed by atoms with Crippen molar-refractivity contribution in [3.05, 3.63) is 62.7 Å². The van der Waals surface area contributed by atoms with Gasteiger partial charge in [0, 0.05) is 17.7 Å². The number of hydrazine groups is 1. The van der Waals surface area contributed by atoms with E-state index in [4.69, 9.17) is 5.84 Å². The van der Waals surface area contributed by atoms with E-state index >= 15 is 0 Å². The molecule has 0 spiro atoms. The van der Waals surface area contributed by atoms with E-state index in [9.17, 15) is 20.2 Å². The van der Waals surface area contributed by atoms with E-state index in [2.05, 4.69) is 5.43 Å². The quantitative estimate of drug-likeness (QED) is 0.501. The third-order valence-electron chi connectivity index (χ3n) is 2.76. The summed E-state index contributed by atoms with van der Waals surface area (Å²) in [6, 6.07) is 10.6. The van der Waals surface area contributed by atoms with Crippen LogP contribution in [0.3, 0.4) is 0 Å². The maximum Gasteiger partial charge on any atom is 0.346 e. The highest BCUT2D eigenvalue weighted by atomic mass is 16.6. The largest absolute Gasteiger partial charge is 0.346 e. The fraction of sp³-hybridized carbons (Fsp3) is 0. The first-order valence-electron chi connectivity index (χ1n) is 5.53. The predicted molar refractivity (Wildman–Crippen MR) is 73.0 cm³/mol. The van der Waals surface area contributed by atoms with Crippen LogP contribution in [0.4, 0.5) is 17.1 Å². The molecule has 0 unspecified atom stereocenters. The molecule has 0 aliphatic carbocycles. The van der Waals surface area contributed by atoms with Crippen molar-refractivity contribution >= 4 is 17.1 Å². The Kier molecular flexibility index (Phi) is 3.58. The van der Waals surface area contributed by atoms with Gasteiger partial charge in [-0.15, -0.1) is 0 Å². The molecule has 0 aliphatic heterocycles. The number of benzene rings is 2. The first kappa shape index (κ1) is 13.4. The van der Waals surface area contributed by atoms with Gasteiger partial charge in [-0.3, -0.25) is 26.1 Å². The molecule has 8 heteroatoms. The molecule has 0 amide bonds. The lowest BCUT2D eigenvalue weighted by molar-refractivity contribution is -0.422. The van der Waals surface area contributed by atoms with Gasteiger partial charge in [0.1, 0.15) is 0 Å². The molecule has 102 valence electrons. The van der Waals surface area contributed by atoms with Crippen LogP contribution >= 0.6 is 0 Å². The molecule has 2 aromatic carbocycles. The van der Waals surface area contributed by atoms with Crippen molar-refractivity contribution in [3.63, 3.8) is 0 Å². The van der Waals surface area contributed by atoms with Crippen LogP contribution in [0, 0.1) is 20.2 Å². The molecule has 2 rings (SSSR count). The highest BCUT2D eigenvalue weighted by molar-refractivity contribution is 5.80. The SMILES string of the molecule is NNc1ccccc1-c1ccc([N+](=O)[O-])c([N+](=O)[O-])c1. The zero-order chi connectivity index (χ0) is 14.7. The summed E-state index contributed by atoms with van der Waals surface area (Å²) in [6.07, 6.45) is 0. The summed E-state index contributed by atoms with van der Waals surface area (Å²) in [4.78, 5) is 20.1. The van der Waals surface area contributed by atoms with E-state index < -0.39 is 21.2 Å². The highest BCUT2D eigenvalue weighted by Crippen LogP contribution is 2.34. The minimum Gasteiger partial charge on any atom is -0.324 e. The number of nitrogens with one attached hydrogen (secondary N) is 1. The topological polar surface area (TPSA) is 124 Å². The molecule has 0 aliphatic rings. The van der Waals surface area contributed by atoms with Crippen molar-refractivity contribution in [1.82, 2.24) is 0 Å². The van der Waals surface area contributed by atoms with Crippen LogP contribution in [0.25, 0.3) is 11.1 Å². The number of hydrogen-bond donors (Lipinski definition) is 2. The van der Waals surface area contributed by atoms with Gasteiger partial charge in [-0.05, 0) is 17.7 Å². The Morgan fingerprint density at radius 2 is 1.60 bits per heavy atom. The fourth-order valence-electron chi connectivity index (χ4n) is 1.85. The second-order valence-electron chi connectivity index (χ2n) is 3.91. The number of nitrogens with two attached hydrogens (primary N) is 1. The first-order valence-corrected chi connectivity index (χ1v) is 5.53. The summed E-state index contributed by atoms with van der Waals surface area (Å²) >= 11 is 0. The maximum atomic E-state index is 10.9. The van der Waals surface area contributed by atoms with Crippen molar-refractivity contribution in [3.8, 4) is 11.1 Å². The molecule has 0 fully saturated rings. The van der Waals surface area contributed by atoms with Gasteiger partial charge in [0.25, 0.3) is 0 Å². The molecule has 3 N–H and O–H groups in total. The average molecular weight is 274 g/mol. The molecule has 0 radical (unpaired) electrons. The lowest BCUT2D eigenvalue weighted by atomic mass is 10.0. The Morgan fingerprint density at radius 3 is 2.20 bits per heavy atom. The maximum absolute atomic E-state index is 10.9. The van der Waals surface area contributed by atoms with E-state index in [1.54, 1.807) is 24.3 Å². The van der Waals surface area contributed by atoms with Gasteiger partial charge in [0.15, 0.2) is 0 Å². The summed E-state index contributed by atoms with van der Waals surface area (Å²) < 4.78 is 0. The van der Waals surface area contributed by atoms with Gasteiger partial charge >= 0.3 is 11.4 Å². The van der Waals surface area contributed by atoms with Gasteiger partial charge in [-0.2, -0.15) is 0 Å². The number of anilines is 1. The Hall–Kier alpha value is -3.00. The van der Waals surface area contributed by atoms with Crippen LogP contribution in [0.1, 0.15) is 0 Å². The Labute approximate surface area is 113 Å². The summed E-state index contributed by atoms with van der Waals surface area (Å²) in [7, 11) is 0. The minimum absolute atomic E-state index is 0.468. The van der Waals surface area contributed by atoms with Crippen LogP contribution in [-0.2, 0) is 0 Å². The third kappa shape index (κ3) is 2.40.